The highest BCUT2D eigenvalue weighted by atomic mass is 35.5. The van der Waals surface area contributed by atoms with Crippen molar-refractivity contribution in [2.75, 3.05) is 31.5 Å². The number of likely N-dealkylation sites (tertiary alicyclic amines) is 1. The molecule has 1 aromatic heterocycles. The van der Waals surface area contributed by atoms with Gasteiger partial charge in [0, 0.05) is 43.3 Å². The second-order valence-corrected chi connectivity index (χ2v) is 8.24. The molecule has 1 aromatic carbocycles. The van der Waals surface area contributed by atoms with Crippen molar-refractivity contribution in [1.29, 1.82) is 0 Å². The Bertz CT molecular complexity index is 815. The Morgan fingerprint density at radius 2 is 1.83 bits per heavy atom. The van der Waals surface area contributed by atoms with Crippen LogP contribution in [0.1, 0.15) is 47.2 Å². The van der Waals surface area contributed by atoms with Gasteiger partial charge < -0.3 is 15.5 Å². The van der Waals surface area contributed by atoms with Crippen LogP contribution in [0, 0.1) is 12.3 Å². The number of amides is 1. The smallest absolute Gasteiger partial charge is 0.254 e. The highest BCUT2D eigenvalue weighted by Gasteiger charge is 2.37. The molecule has 0 atom stereocenters. The number of hydrogen-bond donors (Lipinski definition) is 2. The summed E-state index contributed by atoms with van der Waals surface area (Å²) in [5.41, 5.74) is 4.45. The van der Waals surface area contributed by atoms with Gasteiger partial charge in [-0.05, 0) is 80.4 Å². The van der Waals surface area contributed by atoms with Crippen LogP contribution in [0.5, 0.6) is 0 Å². The molecule has 0 bridgehead atoms. The molecule has 3 heterocycles. The Kier molecular flexibility index (Phi) is 8.95. The Labute approximate surface area is 191 Å². The molecule has 164 valence electrons. The van der Waals surface area contributed by atoms with Crippen LogP contribution in [-0.2, 0) is 6.54 Å². The molecule has 1 amide bonds. The Morgan fingerprint density at radius 1 is 1.10 bits per heavy atom. The molecule has 5 nitrogen and oxygen atoms in total. The van der Waals surface area contributed by atoms with Crippen LogP contribution in [0.4, 0.5) is 5.69 Å². The summed E-state index contributed by atoms with van der Waals surface area (Å²) in [5, 5.41) is 6.92. The second kappa shape index (κ2) is 11.0. The Balaban J connectivity index is 0.00000160. The Morgan fingerprint density at radius 3 is 2.50 bits per heavy atom. The molecule has 2 aliphatic rings. The highest BCUT2D eigenvalue weighted by molar-refractivity contribution is 5.97. The van der Waals surface area contributed by atoms with E-state index in [4.69, 9.17) is 0 Å². The number of carbonyl (C=O) groups is 1. The van der Waals surface area contributed by atoms with E-state index in [2.05, 4.69) is 26.6 Å². The first kappa shape index (κ1) is 24.4. The van der Waals surface area contributed by atoms with Crippen LogP contribution in [0.3, 0.4) is 0 Å². The molecule has 1 spiro atoms. The molecule has 2 saturated heterocycles. The summed E-state index contributed by atoms with van der Waals surface area (Å²) in [6, 6.07) is 9.97. The highest BCUT2D eigenvalue weighted by Crippen LogP contribution is 2.39. The lowest BCUT2D eigenvalue weighted by Crippen LogP contribution is -2.47. The summed E-state index contributed by atoms with van der Waals surface area (Å²) in [6.45, 7) is 6.75. The number of hydrogen-bond acceptors (Lipinski definition) is 4. The topological polar surface area (TPSA) is 57.3 Å². The number of aromatic nitrogens is 1. The van der Waals surface area contributed by atoms with Gasteiger partial charge in [-0.25, -0.2) is 0 Å². The third-order valence-corrected chi connectivity index (χ3v) is 6.55. The first-order valence-electron chi connectivity index (χ1n) is 10.4. The largest absolute Gasteiger partial charge is 0.381 e. The predicted molar refractivity (Wildman–Crippen MR) is 127 cm³/mol. The zero-order chi connectivity index (χ0) is 19.4. The van der Waals surface area contributed by atoms with Gasteiger partial charge in [-0.3, -0.25) is 9.78 Å². The van der Waals surface area contributed by atoms with Gasteiger partial charge in [0.15, 0.2) is 0 Å². The minimum Gasteiger partial charge on any atom is -0.381 e. The van der Waals surface area contributed by atoms with E-state index in [0.29, 0.717) is 12.0 Å². The lowest BCUT2D eigenvalue weighted by atomic mass is 9.71. The number of benzene rings is 1. The van der Waals surface area contributed by atoms with Crippen LogP contribution in [0.25, 0.3) is 0 Å². The van der Waals surface area contributed by atoms with Crippen molar-refractivity contribution in [1.82, 2.24) is 15.2 Å². The number of anilines is 1. The second-order valence-electron chi connectivity index (χ2n) is 8.24. The number of pyridine rings is 1. The van der Waals surface area contributed by atoms with E-state index in [1.54, 1.807) is 6.20 Å². The van der Waals surface area contributed by atoms with Crippen molar-refractivity contribution in [2.24, 2.45) is 5.41 Å². The molecule has 0 saturated carbocycles. The first-order valence-corrected chi connectivity index (χ1v) is 10.4. The monoisotopic (exact) mass is 450 g/mol. The maximum atomic E-state index is 13.2. The lowest BCUT2D eigenvalue weighted by Gasteiger charge is -2.44. The lowest BCUT2D eigenvalue weighted by molar-refractivity contribution is 0.0495. The van der Waals surface area contributed by atoms with Crippen molar-refractivity contribution in [3.8, 4) is 0 Å². The van der Waals surface area contributed by atoms with Crippen LogP contribution in [0.15, 0.2) is 42.7 Å². The maximum Gasteiger partial charge on any atom is 0.254 e. The zero-order valence-corrected chi connectivity index (χ0v) is 19.2. The molecule has 0 unspecified atom stereocenters. The summed E-state index contributed by atoms with van der Waals surface area (Å²) in [5.74, 6) is 0.173. The third-order valence-electron chi connectivity index (χ3n) is 6.55. The number of piperidine rings is 2. The fourth-order valence-electron chi connectivity index (χ4n) is 4.57. The molecule has 0 aliphatic carbocycles. The van der Waals surface area contributed by atoms with E-state index < -0.39 is 0 Å². The number of halogens is 2. The SMILES string of the molecule is Cc1c(NCc2cccnc2)cccc1C(=O)N1CCC2(CCNCC2)CC1.Cl.Cl. The van der Waals surface area contributed by atoms with Crippen molar-refractivity contribution >= 4 is 36.4 Å². The molecule has 0 radical (unpaired) electrons. The average molecular weight is 451 g/mol. The van der Waals surface area contributed by atoms with Gasteiger partial charge in [-0.15, -0.1) is 24.8 Å². The molecule has 4 rings (SSSR count). The fraction of sp³-hybridized carbons (Fsp3) is 0.478. The zero-order valence-electron chi connectivity index (χ0n) is 17.5. The molecule has 30 heavy (non-hydrogen) atoms. The molecule has 2 fully saturated rings. The van der Waals surface area contributed by atoms with Crippen molar-refractivity contribution < 1.29 is 4.79 Å². The minimum atomic E-state index is 0. The van der Waals surface area contributed by atoms with E-state index in [0.717, 1.165) is 61.4 Å². The molecular formula is C23H32Cl2N4O. The summed E-state index contributed by atoms with van der Waals surface area (Å²) < 4.78 is 0. The van der Waals surface area contributed by atoms with Gasteiger partial charge >= 0.3 is 0 Å². The van der Waals surface area contributed by atoms with E-state index in [1.807, 2.05) is 37.4 Å². The standard InChI is InChI=1S/C23H30N4O.2ClH/c1-18-20(5-2-6-21(18)26-17-19-4-3-11-25-16-19)22(28)27-14-9-23(10-15-27)7-12-24-13-8-23;;/h2-6,11,16,24,26H,7-10,12-15,17H2,1H3;2*1H. The fourth-order valence-corrected chi connectivity index (χ4v) is 4.57. The van der Waals surface area contributed by atoms with Crippen molar-refractivity contribution in [2.45, 2.75) is 39.2 Å². The quantitative estimate of drug-likeness (QED) is 0.721. The molecule has 7 heteroatoms. The van der Waals surface area contributed by atoms with Crippen LogP contribution < -0.4 is 10.6 Å². The third kappa shape index (κ3) is 5.45. The molecule has 2 aromatic rings. The van der Waals surface area contributed by atoms with Gasteiger partial charge in [0.25, 0.3) is 5.91 Å². The predicted octanol–water partition coefficient (Wildman–Crippen LogP) is 4.45. The maximum absolute atomic E-state index is 13.2. The summed E-state index contributed by atoms with van der Waals surface area (Å²) >= 11 is 0. The van der Waals surface area contributed by atoms with Gasteiger partial charge in [0.1, 0.15) is 0 Å². The van der Waals surface area contributed by atoms with Crippen molar-refractivity contribution in [3.05, 3.63) is 59.4 Å². The van der Waals surface area contributed by atoms with Crippen LogP contribution >= 0.6 is 24.8 Å². The number of nitrogens with one attached hydrogen (secondary N) is 2. The normalized spacial score (nSPS) is 17.6. The van der Waals surface area contributed by atoms with Gasteiger partial charge in [-0.1, -0.05) is 12.1 Å². The number of rotatable bonds is 4. The van der Waals surface area contributed by atoms with E-state index in [9.17, 15) is 4.79 Å². The summed E-state index contributed by atoms with van der Waals surface area (Å²) in [4.78, 5) is 19.4. The molecular weight excluding hydrogens is 419 g/mol. The van der Waals surface area contributed by atoms with E-state index >= 15 is 0 Å². The number of carbonyl (C=O) groups excluding carboxylic acids is 1. The van der Waals surface area contributed by atoms with E-state index in [1.165, 1.54) is 12.8 Å². The summed E-state index contributed by atoms with van der Waals surface area (Å²) in [7, 11) is 0. The van der Waals surface area contributed by atoms with Gasteiger partial charge in [0.2, 0.25) is 0 Å². The minimum absolute atomic E-state index is 0. The first-order chi connectivity index (χ1) is 13.7. The molecule has 2 aliphatic heterocycles. The average Bonchev–Trinajstić information content (AvgIpc) is 2.74. The van der Waals surface area contributed by atoms with Gasteiger partial charge in [-0.2, -0.15) is 0 Å². The van der Waals surface area contributed by atoms with Gasteiger partial charge in [0.05, 0.1) is 0 Å². The molecule has 2 N–H and O–H groups in total. The van der Waals surface area contributed by atoms with Crippen LogP contribution in [-0.4, -0.2) is 42.0 Å². The van der Waals surface area contributed by atoms with E-state index in [-0.39, 0.29) is 30.7 Å². The van der Waals surface area contributed by atoms with Crippen molar-refractivity contribution in [3.63, 3.8) is 0 Å². The Hall–Kier alpha value is -1.82. The summed E-state index contributed by atoms with van der Waals surface area (Å²) in [6.07, 6.45) is 8.42. The van der Waals surface area contributed by atoms with Crippen LogP contribution in [0.2, 0.25) is 0 Å². The number of nitrogens with zero attached hydrogens (tertiary/aromatic N) is 2.